The number of fused-ring (bicyclic) bond motifs is 1. The van der Waals surface area contributed by atoms with Gasteiger partial charge in [-0.2, -0.15) is 4.98 Å². The molecule has 1 unspecified atom stereocenters. The monoisotopic (exact) mass is 491 g/mol. The van der Waals surface area contributed by atoms with Gasteiger partial charge in [-0.25, -0.2) is 4.39 Å². The first kappa shape index (κ1) is 22.3. The number of hydrogen-bond donors (Lipinski definition) is 1. The molecule has 1 fully saturated rings. The van der Waals surface area contributed by atoms with Crippen LogP contribution >= 0.6 is 11.6 Å². The van der Waals surface area contributed by atoms with Crippen LogP contribution < -0.4 is 15.5 Å². The van der Waals surface area contributed by atoms with E-state index in [4.69, 9.17) is 26.6 Å². The molecule has 33 heavy (non-hydrogen) atoms. The van der Waals surface area contributed by atoms with E-state index in [1.165, 1.54) is 6.07 Å². The number of anilines is 2. The molecule has 3 aromatic rings. The summed E-state index contributed by atoms with van der Waals surface area (Å²) in [6.45, 7) is 3.36. The van der Waals surface area contributed by atoms with E-state index < -0.39 is 16.6 Å². The molecule has 1 aromatic heterocycles. The second-order valence-electron chi connectivity index (χ2n) is 8.08. The van der Waals surface area contributed by atoms with Gasteiger partial charge < -0.3 is 24.8 Å². The van der Waals surface area contributed by atoms with Crippen LogP contribution in [0, 0.1) is 5.82 Å². The highest BCUT2D eigenvalue weighted by molar-refractivity contribution is 7.85. The Morgan fingerprint density at radius 3 is 2.73 bits per heavy atom. The smallest absolute Gasteiger partial charge is 0.324 e. The van der Waals surface area contributed by atoms with Crippen LogP contribution in [0.25, 0.3) is 11.4 Å². The molecule has 0 radical (unpaired) electrons. The fourth-order valence-electron chi connectivity index (χ4n) is 4.03. The number of ether oxygens (including phenoxy) is 1. The quantitative estimate of drug-likeness (QED) is 0.595. The number of rotatable bonds is 4. The molecule has 0 amide bonds. The zero-order valence-corrected chi connectivity index (χ0v) is 19.3. The van der Waals surface area contributed by atoms with Gasteiger partial charge in [0.2, 0.25) is 5.82 Å². The Bertz CT molecular complexity index is 1170. The minimum absolute atomic E-state index is 0.141. The Hall–Kier alpha value is -2.53. The number of benzene rings is 2. The lowest BCUT2D eigenvalue weighted by atomic mass is 10.1. The molecule has 11 heteroatoms. The van der Waals surface area contributed by atoms with Gasteiger partial charge in [0.1, 0.15) is 5.82 Å². The van der Waals surface area contributed by atoms with Crippen molar-refractivity contribution in [3.05, 3.63) is 52.8 Å². The maximum atomic E-state index is 15.2. The van der Waals surface area contributed by atoms with E-state index in [1.807, 2.05) is 34.1 Å². The lowest BCUT2D eigenvalue weighted by Crippen LogP contribution is -2.38. The molecule has 5 rings (SSSR count). The van der Waals surface area contributed by atoms with Crippen molar-refractivity contribution in [1.29, 1.82) is 0 Å². The second-order valence-corrected chi connectivity index (χ2v) is 9.98. The molecule has 2 N–H and O–H groups in total. The SMILES string of the molecule is N[C@@H]1CN(Cc2ccc(Cl)cc2)c2cc(-c3noc(N4CCOCC4)n3)c(F)cc2S(=O)C1. The molecular weight excluding hydrogens is 469 g/mol. The predicted molar refractivity (Wildman–Crippen MR) is 124 cm³/mol. The van der Waals surface area contributed by atoms with Gasteiger partial charge in [-0.15, -0.1) is 0 Å². The summed E-state index contributed by atoms with van der Waals surface area (Å²) in [5.41, 5.74) is 8.08. The summed E-state index contributed by atoms with van der Waals surface area (Å²) >= 11 is 6.02. The summed E-state index contributed by atoms with van der Waals surface area (Å²) in [6.07, 6.45) is 0. The van der Waals surface area contributed by atoms with Crippen LogP contribution in [-0.4, -0.2) is 59.0 Å². The van der Waals surface area contributed by atoms with Gasteiger partial charge in [-0.3, -0.25) is 4.21 Å². The molecule has 0 aliphatic carbocycles. The number of hydrogen-bond acceptors (Lipinski definition) is 8. The van der Waals surface area contributed by atoms with Crippen molar-refractivity contribution in [3.63, 3.8) is 0 Å². The van der Waals surface area contributed by atoms with E-state index in [0.29, 0.717) is 61.0 Å². The van der Waals surface area contributed by atoms with Crippen LogP contribution in [0.1, 0.15) is 5.56 Å². The van der Waals surface area contributed by atoms with Gasteiger partial charge >= 0.3 is 6.01 Å². The van der Waals surface area contributed by atoms with Crippen LogP contribution in [0.2, 0.25) is 5.02 Å². The van der Waals surface area contributed by atoms with Crippen molar-refractivity contribution in [3.8, 4) is 11.4 Å². The van der Waals surface area contributed by atoms with Crippen LogP contribution in [-0.2, 0) is 22.1 Å². The summed E-state index contributed by atoms with van der Waals surface area (Å²) in [5.74, 6) is -0.160. The maximum Gasteiger partial charge on any atom is 0.324 e. The summed E-state index contributed by atoms with van der Waals surface area (Å²) in [6, 6.07) is 10.4. The highest BCUT2D eigenvalue weighted by Crippen LogP contribution is 2.35. The number of nitrogens with zero attached hydrogens (tertiary/aromatic N) is 4. The number of halogens is 2. The summed E-state index contributed by atoms with van der Waals surface area (Å²) in [5, 5.41) is 4.65. The van der Waals surface area contributed by atoms with E-state index in [0.717, 1.165) is 5.56 Å². The van der Waals surface area contributed by atoms with Crippen molar-refractivity contribution in [2.45, 2.75) is 17.5 Å². The molecule has 0 bridgehead atoms. The van der Waals surface area contributed by atoms with Crippen LogP contribution in [0.3, 0.4) is 0 Å². The minimum Gasteiger partial charge on any atom is -0.378 e. The Morgan fingerprint density at radius 2 is 1.97 bits per heavy atom. The molecule has 0 saturated carbocycles. The van der Waals surface area contributed by atoms with Gasteiger partial charge in [0.05, 0.1) is 40.2 Å². The van der Waals surface area contributed by atoms with Crippen molar-refractivity contribution in [2.24, 2.45) is 5.73 Å². The van der Waals surface area contributed by atoms with Crippen LogP contribution in [0.15, 0.2) is 45.8 Å². The van der Waals surface area contributed by atoms with E-state index in [2.05, 4.69) is 10.1 Å². The molecule has 0 spiro atoms. The lowest BCUT2D eigenvalue weighted by molar-refractivity contribution is 0.119. The first-order valence-electron chi connectivity index (χ1n) is 10.6. The minimum atomic E-state index is -1.43. The fraction of sp³-hybridized carbons (Fsp3) is 0.364. The molecule has 2 aromatic carbocycles. The van der Waals surface area contributed by atoms with Crippen molar-refractivity contribution >= 4 is 34.1 Å². The first-order chi connectivity index (χ1) is 16.0. The summed E-state index contributed by atoms with van der Waals surface area (Å²) in [4.78, 5) is 8.74. The van der Waals surface area contributed by atoms with Crippen LogP contribution in [0.4, 0.5) is 16.1 Å². The van der Waals surface area contributed by atoms with Gasteiger partial charge in [0.15, 0.2) is 0 Å². The fourth-order valence-corrected chi connectivity index (χ4v) is 5.49. The third-order valence-electron chi connectivity index (χ3n) is 5.68. The van der Waals surface area contributed by atoms with Crippen LogP contribution in [0.5, 0.6) is 0 Å². The van der Waals surface area contributed by atoms with E-state index >= 15 is 4.39 Å². The third-order valence-corrected chi connectivity index (χ3v) is 7.48. The Balaban J connectivity index is 1.52. The van der Waals surface area contributed by atoms with Gasteiger partial charge in [0, 0.05) is 43.0 Å². The van der Waals surface area contributed by atoms with Crippen molar-refractivity contribution in [1.82, 2.24) is 10.1 Å². The zero-order chi connectivity index (χ0) is 22.9. The second kappa shape index (κ2) is 9.38. The molecule has 174 valence electrons. The number of aromatic nitrogens is 2. The van der Waals surface area contributed by atoms with Crippen molar-refractivity contribution < 1.29 is 17.9 Å². The van der Waals surface area contributed by atoms with Gasteiger partial charge in [0.25, 0.3) is 0 Å². The normalized spacial score (nSPS) is 21.1. The molecule has 1 saturated heterocycles. The van der Waals surface area contributed by atoms with Gasteiger partial charge in [-0.1, -0.05) is 28.9 Å². The Kier molecular flexibility index (Phi) is 6.33. The maximum absolute atomic E-state index is 15.2. The lowest BCUT2D eigenvalue weighted by Gasteiger charge is -2.26. The molecular formula is C22H23ClFN5O3S. The predicted octanol–water partition coefficient (Wildman–Crippen LogP) is 2.82. The molecule has 8 nitrogen and oxygen atoms in total. The van der Waals surface area contributed by atoms with Crippen molar-refractivity contribution in [2.75, 3.05) is 48.4 Å². The number of nitrogens with two attached hydrogens (primary N) is 1. The largest absolute Gasteiger partial charge is 0.378 e. The summed E-state index contributed by atoms with van der Waals surface area (Å²) < 4.78 is 38.8. The zero-order valence-electron chi connectivity index (χ0n) is 17.7. The average molecular weight is 492 g/mol. The number of morpholine rings is 1. The van der Waals surface area contributed by atoms with E-state index in [9.17, 15) is 4.21 Å². The summed E-state index contributed by atoms with van der Waals surface area (Å²) in [7, 11) is -1.43. The topological polar surface area (TPSA) is 97.7 Å². The highest BCUT2D eigenvalue weighted by atomic mass is 35.5. The Morgan fingerprint density at radius 1 is 1.21 bits per heavy atom. The van der Waals surface area contributed by atoms with E-state index in [-0.39, 0.29) is 23.2 Å². The highest BCUT2D eigenvalue weighted by Gasteiger charge is 2.28. The average Bonchev–Trinajstić information content (AvgIpc) is 3.26. The third kappa shape index (κ3) is 4.74. The first-order valence-corrected chi connectivity index (χ1v) is 12.3. The molecule has 3 heterocycles. The van der Waals surface area contributed by atoms with E-state index in [1.54, 1.807) is 6.07 Å². The molecule has 2 aliphatic rings. The molecule has 2 aliphatic heterocycles. The molecule has 2 atom stereocenters. The standard InChI is InChI=1S/C22H23ClFN5O3S/c23-15-3-1-14(2-4-15)11-29-12-16(25)13-33(30)20-10-18(24)17(9-19(20)29)21-26-22(32-27-21)28-5-7-31-8-6-28/h1-4,9-10,16H,5-8,11-13,25H2/t16-,33?/m1/s1. The Labute approximate surface area is 197 Å². The van der Waals surface area contributed by atoms with Gasteiger partial charge in [-0.05, 0) is 29.8 Å².